The van der Waals surface area contributed by atoms with E-state index in [-0.39, 0.29) is 17.7 Å². The van der Waals surface area contributed by atoms with E-state index in [2.05, 4.69) is 15.9 Å². The van der Waals surface area contributed by atoms with Crippen LogP contribution in [0.15, 0.2) is 22.7 Å². The SMILES string of the molecule is COc1ccc(C(=O)C2CC(N)C2)cc1Br. The molecule has 1 saturated carbocycles. The van der Waals surface area contributed by atoms with Crippen molar-refractivity contribution in [3.63, 3.8) is 0 Å². The largest absolute Gasteiger partial charge is 0.496 e. The maximum Gasteiger partial charge on any atom is 0.166 e. The fourth-order valence-electron chi connectivity index (χ4n) is 1.93. The molecule has 1 aromatic rings. The van der Waals surface area contributed by atoms with Crippen LogP contribution in [0.4, 0.5) is 0 Å². The lowest BCUT2D eigenvalue weighted by Crippen LogP contribution is -2.40. The maximum absolute atomic E-state index is 12.0. The average Bonchev–Trinajstić information content (AvgIpc) is 2.24. The van der Waals surface area contributed by atoms with Crippen LogP contribution in [0.5, 0.6) is 5.75 Å². The van der Waals surface area contributed by atoms with Gasteiger partial charge in [0.1, 0.15) is 5.75 Å². The number of Topliss-reactive ketones (excluding diaryl/α,β-unsaturated/α-hetero) is 1. The molecule has 4 heteroatoms. The average molecular weight is 284 g/mol. The summed E-state index contributed by atoms with van der Waals surface area (Å²) in [5, 5.41) is 0. The van der Waals surface area contributed by atoms with E-state index in [4.69, 9.17) is 10.5 Å². The first-order valence-electron chi connectivity index (χ1n) is 5.25. The number of hydrogen-bond donors (Lipinski definition) is 1. The van der Waals surface area contributed by atoms with Gasteiger partial charge in [-0.1, -0.05) is 0 Å². The molecule has 0 radical (unpaired) electrons. The number of carbonyl (C=O) groups excluding carboxylic acids is 1. The molecule has 86 valence electrons. The molecular weight excluding hydrogens is 270 g/mol. The molecule has 1 aromatic carbocycles. The monoisotopic (exact) mass is 283 g/mol. The molecule has 0 atom stereocenters. The predicted octanol–water partition coefficient (Wildman–Crippen LogP) is 2.38. The molecule has 2 rings (SSSR count). The van der Waals surface area contributed by atoms with Gasteiger partial charge in [0.15, 0.2) is 5.78 Å². The number of benzene rings is 1. The van der Waals surface area contributed by atoms with Crippen molar-refractivity contribution in [1.82, 2.24) is 0 Å². The lowest BCUT2D eigenvalue weighted by Gasteiger charge is -2.31. The molecule has 0 bridgehead atoms. The molecule has 0 aromatic heterocycles. The van der Waals surface area contributed by atoms with E-state index in [1.807, 2.05) is 6.07 Å². The number of rotatable bonds is 3. The third-order valence-electron chi connectivity index (χ3n) is 2.98. The Morgan fingerprint density at radius 1 is 1.50 bits per heavy atom. The normalized spacial score (nSPS) is 23.7. The van der Waals surface area contributed by atoms with E-state index in [1.54, 1.807) is 19.2 Å². The lowest BCUT2D eigenvalue weighted by molar-refractivity contribution is 0.0832. The number of halogens is 1. The van der Waals surface area contributed by atoms with Crippen LogP contribution in [0.2, 0.25) is 0 Å². The Morgan fingerprint density at radius 3 is 2.69 bits per heavy atom. The third kappa shape index (κ3) is 2.13. The zero-order valence-corrected chi connectivity index (χ0v) is 10.7. The standard InChI is InChI=1S/C12H14BrNO2/c1-16-11-3-2-7(6-10(11)13)12(15)8-4-9(14)5-8/h2-3,6,8-9H,4-5,14H2,1H3. The summed E-state index contributed by atoms with van der Waals surface area (Å²) in [6.07, 6.45) is 1.62. The van der Waals surface area contributed by atoms with Crippen molar-refractivity contribution in [1.29, 1.82) is 0 Å². The lowest BCUT2D eigenvalue weighted by atomic mass is 9.76. The van der Waals surface area contributed by atoms with E-state index >= 15 is 0 Å². The van der Waals surface area contributed by atoms with Gasteiger partial charge in [-0.25, -0.2) is 0 Å². The number of ether oxygens (including phenoxy) is 1. The van der Waals surface area contributed by atoms with Gasteiger partial charge in [-0.05, 0) is 47.0 Å². The quantitative estimate of drug-likeness (QED) is 0.867. The van der Waals surface area contributed by atoms with E-state index in [0.717, 1.165) is 28.6 Å². The maximum atomic E-state index is 12.0. The Hall–Kier alpha value is -0.870. The highest BCUT2D eigenvalue weighted by molar-refractivity contribution is 9.10. The van der Waals surface area contributed by atoms with Gasteiger partial charge in [-0.2, -0.15) is 0 Å². The summed E-state index contributed by atoms with van der Waals surface area (Å²) >= 11 is 3.37. The zero-order chi connectivity index (χ0) is 11.7. The van der Waals surface area contributed by atoms with Gasteiger partial charge < -0.3 is 10.5 Å². The van der Waals surface area contributed by atoms with Gasteiger partial charge in [-0.15, -0.1) is 0 Å². The summed E-state index contributed by atoms with van der Waals surface area (Å²) in [6, 6.07) is 5.62. The van der Waals surface area contributed by atoms with E-state index in [9.17, 15) is 4.79 Å². The van der Waals surface area contributed by atoms with Crippen LogP contribution in [0.25, 0.3) is 0 Å². The van der Waals surface area contributed by atoms with Crippen LogP contribution < -0.4 is 10.5 Å². The second-order valence-corrected chi connectivity index (χ2v) is 5.00. The van der Waals surface area contributed by atoms with E-state index in [1.165, 1.54) is 0 Å². The summed E-state index contributed by atoms with van der Waals surface area (Å²) in [5.41, 5.74) is 6.41. The van der Waals surface area contributed by atoms with Crippen LogP contribution in [-0.2, 0) is 0 Å². The highest BCUT2D eigenvalue weighted by Crippen LogP contribution is 2.32. The van der Waals surface area contributed by atoms with Crippen molar-refractivity contribution in [2.75, 3.05) is 7.11 Å². The van der Waals surface area contributed by atoms with Crippen LogP contribution in [-0.4, -0.2) is 18.9 Å². The second-order valence-electron chi connectivity index (χ2n) is 4.14. The Morgan fingerprint density at radius 2 is 2.19 bits per heavy atom. The topological polar surface area (TPSA) is 52.3 Å². The third-order valence-corrected chi connectivity index (χ3v) is 3.60. The number of methoxy groups -OCH3 is 1. The summed E-state index contributed by atoms with van der Waals surface area (Å²) in [5.74, 6) is 1.03. The molecule has 0 unspecified atom stereocenters. The van der Waals surface area contributed by atoms with Crippen LogP contribution in [0, 0.1) is 5.92 Å². The molecule has 1 aliphatic carbocycles. The molecule has 0 saturated heterocycles. The van der Waals surface area contributed by atoms with Crippen molar-refractivity contribution in [3.8, 4) is 5.75 Å². The first kappa shape index (κ1) is 11.6. The molecule has 2 N–H and O–H groups in total. The van der Waals surface area contributed by atoms with Crippen molar-refractivity contribution in [2.45, 2.75) is 18.9 Å². The van der Waals surface area contributed by atoms with Crippen LogP contribution in [0.3, 0.4) is 0 Å². The van der Waals surface area contributed by atoms with E-state index < -0.39 is 0 Å². The molecule has 0 heterocycles. The van der Waals surface area contributed by atoms with Gasteiger partial charge >= 0.3 is 0 Å². The van der Waals surface area contributed by atoms with Crippen molar-refractivity contribution < 1.29 is 9.53 Å². The van der Waals surface area contributed by atoms with Gasteiger partial charge in [0.25, 0.3) is 0 Å². The highest BCUT2D eigenvalue weighted by atomic mass is 79.9. The fraction of sp³-hybridized carbons (Fsp3) is 0.417. The number of carbonyl (C=O) groups is 1. The Balaban J connectivity index is 2.15. The number of hydrogen-bond acceptors (Lipinski definition) is 3. The minimum absolute atomic E-state index is 0.107. The Bertz CT molecular complexity index is 413. The van der Waals surface area contributed by atoms with Gasteiger partial charge in [0.05, 0.1) is 11.6 Å². The van der Waals surface area contributed by atoms with Gasteiger partial charge in [0, 0.05) is 17.5 Å². The minimum Gasteiger partial charge on any atom is -0.496 e. The molecular formula is C12H14BrNO2. The van der Waals surface area contributed by atoms with Crippen molar-refractivity contribution in [3.05, 3.63) is 28.2 Å². The van der Waals surface area contributed by atoms with Crippen molar-refractivity contribution in [2.24, 2.45) is 11.7 Å². The molecule has 0 aliphatic heterocycles. The summed E-state index contributed by atoms with van der Waals surface area (Å²) < 4.78 is 5.93. The summed E-state index contributed by atoms with van der Waals surface area (Å²) in [4.78, 5) is 12.0. The number of nitrogens with two attached hydrogens (primary N) is 1. The van der Waals surface area contributed by atoms with Crippen LogP contribution >= 0.6 is 15.9 Å². The predicted molar refractivity (Wildman–Crippen MR) is 65.7 cm³/mol. The molecule has 1 aliphatic rings. The van der Waals surface area contributed by atoms with Gasteiger partial charge in [-0.3, -0.25) is 4.79 Å². The smallest absolute Gasteiger partial charge is 0.166 e. The first-order chi connectivity index (χ1) is 7.61. The second kappa shape index (κ2) is 4.55. The molecule has 16 heavy (non-hydrogen) atoms. The summed E-state index contributed by atoms with van der Waals surface area (Å²) in [6.45, 7) is 0. The Labute approximate surface area is 103 Å². The van der Waals surface area contributed by atoms with Crippen molar-refractivity contribution >= 4 is 21.7 Å². The Kier molecular flexibility index (Phi) is 3.30. The van der Waals surface area contributed by atoms with Gasteiger partial charge in [0.2, 0.25) is 0 Å². The fourth-order valence-corrected chi connectivity index (χ4v) is 2.47. The summed E-state index contributed by atoms with van der Waals surface area (Å²) in [7, 11) is 1.60. The first-order valence-corrected chi connectivity index (χ1v) is 6.04. The highest BCUT2D eigenvalue weighted by Gasteiger charge is 2.32. The van der Waals surface area contributed by atoms with Crippen LogP contribution in [0.1, 0.15) is 23.2 Å². The zero-order valence-electron chi connectivity index (χ0n) is 9.07. The minimum atomic E-state index is 0.107. The van der Waals surface area contributed by atoms with E-state index in [0.29, 0.717) is 0 Å². The molecule has 1 fully saturated rings. The molecule has 3 nitrogen and oxygen atoms in total. The molecule has 0 spiro atoms. The molecule has 0 amide bonds. The number of ketones is 1.